The lowest BCUT2D eigenvalue weighted by molar-refractivity contribution is -0.140. The first kappa shape index (κ1) is 35.1. The molecule has 11 heteroatoms. The van der Waals surface area contributed by atoms with Crippen LogP contribution in [-0.2, 0) is 19.1 Å². The first-order valence-electron chi connectivity index (χ1n) is 16.3. The summed E-state index contributed by atoms with van der Waals surface area (Å²) in [5.41, 5.74) is -0.0638. The van der Waals surface area contributed by atoms with Crippen LogP contribution >= 0.6 is 27.5 Å². The van der Waals surface area contributed by atoms with Gasteiger partial charge in [0.1, 0.15) is 17.4 Å². The highest BCUT2D eigenvalue weighted by Crippen LogP contribution is 2.60. The van der Waals surface area contributed by atoms with E-state index in [-0.39, 0.29) is 42.2 Å². The number of benzene rings is 2. The average molecular weight is 729 g/mol. The smallest absolute Gasteiger partial charge is 0.253 e. The topological polar surface area (TPSA) is 99.6 Å². The number of halogens is 2. The largest absolute Gasteiger partial charge is 0.494 e. The molecule has 47 heavy (non-hydrogen) atoms. The van der Waals surface area contributed by atoms with Crippen molar-refractivity contribution in [2.24, 2.45) is 11.8 Å². The van der Waals surface area contributed by atoms with Crippen LogP contribution < -0.4 is 14.5 Å². The predicted molar refractivity (Wildman–Crippen MR) is 187 cm³/mol. The first-order chi connectivity index (χ1) is 22.7. The third kappa shape index (κ3) is 6.62. The normalized spacial score (nSPS) is 25.8. The fourth-order valence-corrected chi connectivity index (χ4v) is 8.63. The summed E-state index contributed by atoms with van der Waals surface area (Å²) < 4.78 is 12.4. The number of aliphatic hydroxyl groups excluding tert-OH is 1. The molecule has 3 unspecified atom stereocenters. The van der Waals surface area contributed by atoms with Gasteiger partial charge in [-0.3, -0.25) is 14.4 Å². The molecule has 252 valence electrons. The van der Waals surface area contributed by atoms with Crippen LogP contribution in [0.3, 0.4) is 0 Å². The van der Waals surface area contributed by atoms with Crippen molar-refractivity contribution in [3.63, 3.8) is 0 Å². The Bertz CT molecular complexity index is 1470. The molecule has 5 rings (SSSR count). The van der Waals surface area contributed by atoms with Crippen molar-refractivity contribution >= 4 is 56.6 Å². The zero-order valence-electron chi connectivity index (χ0n) is 26.7. The Labute approximate surface area is 290 Å². The van der Waals surface area contributed by atoms with Gasteiger partial charge in [-0.05, 0) is 62.6 Å². The third-order valence-corrected chi connectivity index (χ3v) is 10.5. The molecular formula is C36H43BrClN3O6. The maximum Gasteiger partial charge on any atom is 0.253 e. The molecule has 3 aliphatic heterocycles. The van der Waals surface area contributed by atoms with Crippen LogP contribution in [0.15, 0.2) is 73.8 Å². The fourth-order valence-electron chi connectivity index (χ4n) is 7.45. The molecule has 2 aromatic carbocycles. The van der Waals surface area contributed by atoms with Gasteiger partial charge in [0.15, 0.2) is 0 Å². The predicted octanol–water partition coefficient (Wildman–Crippen LogP) is 5.78. The van der Waals surface area contributed by atoms with Gasteiger partial charge in [0, 0.05) is 36.8 Å². The molecule has 3 saturated heterocycles. The minimum absolute atomic E-state index is 0.102. The molecule has 3 heterocycles. The highest BCUT2D eigenvalue weighted by Gasteiger charge is 2.77. The maximum atomic E-state index is 14.8. The number of carbonyl (C=O) groups is 3. The lowest BCUT2D eigenvalue weighted by atomic mass is 9.70. The number of para-hydroxylation sites is 1. The minimum atomic E-state index is -1.22. The minimum Gasteiger partial charge on any atom is -0.494 e. The third-order valence-electron chi connectivity index (χ3n) is 9.37. The number of ether oxygens (including phenoxy) is 2. The molecule has 1 N–H and O–H groups in total. The van der Waals surface area contributed by atoms with E-state index in [1.54, 1.807) is 51.1 Å². The first-order valence-corrected chi connectivity index (χ1v) is 17.6. The Hall–Kier alpha value is -3.18. The van der Waals surface area contributed by atoms with Gasteiger partial charge in [-0.2, -0.15) is 0 Å². The number of alkyl halides is 1. The van der Waals surface area contributed by atoms with Gasteiger partial charge in [-0.25, -0.2) is 0 Å². The summed E-state index contributed by atoms with van der Waals surface area (Å²) in [4.78, 5) is 48.6. The van der Waals surface area contributed by atoms with Crippen LogP contribution in [0, 0.1) is 11.8 Å². The van der Waals surface area contributed by atoms with E-state index in [4.69, 9.17) is 21.1 Å². The van der Waals surface area contributed by atoms with Crippen LogP contribution in [0.5, 0.6) is 5.75 Å². The van der Waals surface area contributed by atoms with E-state index in [9.17, 15) is 19.5 Å². The molecule has 2 aromatic rings. The van der Waals surface area contributed by atoms with E-state index >= 15 is 0 Å². The maximum absolute atomic E-state index is 14.8. The summed E-state index contributed by atoms with van der Waals surface area (Å²) in [5, 5.41) is 9.66. The Kier molecular flexibility index (Phi) is 11.5. The molecule has 9 nitrogen and oxygen atoms in total. The number of nitrogens with zero attached hydrogens (tertiary/aromatic N) is 3. The van der Waals surface area contributed by atoms with Crippen molar-refractivity contribution in [2.75, 3.05) is 42.6 Å². The summed E-state index contributed by atoms with van der Waals surface area (Å²) in [6.07, 6.45) is 5.95. The van der Waals surface area contributed by atoms with Crippen LogP contribution in [0.1, 0.15) is 39.0 Å². The summed E-state index contributed by atoms with van der Waals surface area (Å²) >= 11 is 10.4. The summed E-state index contributed by atoms with van der Waals surface area (Å²) in [6, 6.07) is 13.4. The molecule has 3 aliphatic rings. The monoisotopic (exact) mass is 727 g/mol. The zero-order valence-corrected chi connectivity index (χ0v) is 29.1. The van der Waals surface area contributed by atoms with Crippen LogP contribution in [-0.4, -0.2) is 83.2 Å². The van der Waals surface area contributed by atoms with E-state index in [2.05, 4.69) is 29.1 Å². The summed E-state index contributed by atoms with van der Waals surface area (Å²) in [5.74, 6) is -1.83. The Morgan fingerprint density at radius 2 is 1.74 bits per heavy atom. The van der Waals surface area contributed by atoms with Crippen LogP contribution in [0.4, 0.5) is 11.4 Å². The number of aliphatic hydroxyl groups is 1. The number of likely N-dealkylation sites (tertiary alicyclic amines) is 1. The highest BCUT2D eigenvalue weighted by molar-refractivity contribution is 9.09. The van der Waals surface area contributed by atoms with Crippen LogP contribution in [0.25, 0.3) is 0 Å². The second-order valence-corrected chi connectivity index (χ2v) is 13.8. The number of anilines is 2. The number of hydrogen-bond donors (Lipinski definition) is 1. The Morgan fingerprint density at radius 1 is 1.06 bits per heavy atom. The van der Waals surface area contributed by atoms with Crippen molar-refractivity contribution < 1.29 is 29.0 Å². The molecule has 6 atom stereocenters. The average Bonchev–Trinajstić information content (AvgIpc) is 3.66. The van der Waals surface area contributed by atoms with Crippen molar-refractivity contribution in [3.8, 4) is 5.75 Å². The second kappa shape index (κ2) is 15.4. The summed E-state index contributed by atoms with van der Waals surface area (Å²) in [6.45, 7) is 11.0. The van der Waals surface area contributed by atoms with E-state index in [1.807, 2.05) is 31.2 Å². The van der Waals surface area contributed by atoms with Gasteiger partial charge in [0.05, 0.1) is 35.3 Å². The molecule has 0 saturated carbocycles. The van der Waals surface area contributed by atoms with E-state index in [0.717, 1.165) is 12.8 Å². The number of amides is 3. The molecule has 0 aliphatic carbocycles. The summed E-state index contributed by atoms with van der Waals surface area (Å²) in [7, 11) is 0. The molecule has 3 fully saturated rings. The SMILES string of the molecule is C=CCN(C(=O)[C@H]1[C@@H]2OC3(CC2Br)C(C(=O)N(CC=C)c2ccccc2Cl)N(CCCCCCO)C(=O)[C@H]13)c1ccc(OCC)cc1. The molecule has 0 radical (unpaired) electrons. The molecule has 0 aromatic heterocycles. The van der Waals surface area contributed by atoms with E-state index in [1.165, 1.54) is 0 Å². The molecule has 1 spiro atoms. The quantitative estimate of drug-likeness (QED) is 0.134. The van der Waals surface area contributed by atoms with Crippen molar-refractivity contribution in [1.29, 1.82) is 0 Å². The number of hydrogen-bond acceptors (Lipinski definition) is 6. The van der Waals surface area contributed by atoms with Gasteiger partial charge in [0.25, 0.3) is 5.91 Å². The molecular weight excluding hydrogens is 686 g/mol. The lowest BCUT2D eigenvalue weighted by Crippen LogP contribution is -2.57. The standard InChI is InChI=1S/C36H43BrClN3O6/c1-4-19-39(24-15-17-25(18-16-24)46-6-3)33(43)29-30-34(44)41(21-11-7-8-12-22-42)32(36(30)23-26(37)31(29)47-36)35(45)40(20-5-2)28-14-10-9-13-27(28)38/h4-5,9-10,13-18,26,29-32,42H,1-2,6-8,11-12,19-23H2,3H3/t26?,29-,30+,31-,32?,36?/m1/s1. The lowest BCUT2D eigenvalue weighted by Gasteiger charge is -2.37. The van der Waals surface area contributed by atoms with Crippen LogP contribution in [0.2, 0.25) is 5.02 Å². The Balaban J connectivity index is 1.54. The van der Waals surface area contributed by atoms with Crippen molar-refractivity contribution in [2.45, 2.75) is 61.6 Å². The van der Waals surface area contributed by atoms with Gasteiger partial charge >= 0.3 is 0 Å². The Morgan fingerprint density at radius 3 is 2.40 bits per heavy atom. The van der Waals surface area contributed by atoms with E-state index in [0.29, 0.717) is 54.6 Å². The number of carbonyl (C=O) groups excluding carboxylic acids is 3. The highest BCUT2D eigenvalue weighted by atomic mass is 79.9. The second-order valence-electron chi connectivity index (χ2n) is 12.2. The van der Waals surface area contributed by atoms with E-state index < -0.39 is 29.6 Å². The van der Waals surface area contributed by atoms with Crippen molar-refractivity contribution in [1.82, 2.24) is 4.90 Å². The van der Waals surface area contributed by atoms with Gasteiger partial charge < -0.3 is 29.3 Å². The molecule has 2 bridgehead atoms. The van der Waals surface area contributed by atoms with Crippen molar-refractivity contribution in [3.05, 3.63) is 78.9 Å². The zero-order chi connectivity index (χ0) is 33.7. The number of unbranched alkanes of at least 4 members (excludes halogenated alkanes) is 3. The van der Waals surface area contributed by atoms with Gasteiger partial charge in [0.2, 0.25) is 11.8 Å². The number of rotatable bonds is 16. The van der Waals surface area contributed by atoms with Gasteiger partial charge in [-0.15, -0.1) is 13.2 Å². The number of fused-ring (bicyclic) bond motifs is 1. The van der Waals surface area contributed by atoms with Gasteiger partial charge in [-0.1, -0.05) is 64.7 Å². The molecule has 3 amide bonds. The fraction of sp³-hybridized carbons (Fsp3) is 0.472.